The molecule has 0 radical (unpaired) electrons. The van der Waals surface area contributed by atoms with Gasteiger partial charge in [0.2, 0.25) is 10.9 Å². The van der Waals surface area contributed by atoms with E-state index in [4.69, 9.17) is 9.15 Å². The molecule has 4 aromatic rings. The van der Waals surface area contributed by atoms with Crippen LogP contribution in [0, 0.1) is 0 Å². The number of hydrogen-bond acceptors (Lipinski definition) is 7. The van der Waals surface area contributed by atoms with Gasteiger partial charge in [-0.1, -0.05) is 55.4 Å². The van der Waals surface area contributed by atoms with Crippen LogP contribution in [0.1, 0.15) is 53.9 Å². The Balaban J connectivity index is 1.64. The largest absolute Gasteiger partial charge is 0.494 e. The van der Waals surface area contributed by atoms with Gasteiger partial charge in [-0.3, -0.25) is 14.5 Å². The van der Waals surface area contributed by atoms with Crippen molar-refractivity contribution in [3.05, 3.63) is 81.2 Å². The highest BCUT2D eigenvalue weighted by Gasteiger charge is 2.45. The monoisotopic (exact) mass is 447 g/mol. The number of anilines is 1. The standard InChI is InChI=1S/C24H21N3O4S/c1-2-3-6-12-30-16-9-7-8-15(13-16)20-19-21(28)17-10-4-5-11-18(17)31-22(19)23(29)27(20)24-26-25-14-32-24/h4-5,7-11,13-14,20H,2-3,6,12H2,1H3. The van der Waals surface area contributed by atoms with Gasteiger partial charge in [0.25, 0.3) is 5.91 Å². The molecule has 3 heterocycles. The molecule has 7 nitrogen and oxygen atoms in total. The quantitative estimate of drug-likeness (QED) is 0.372. The zero-order valence-corrected chi connectivity index (χ0v) is 18.3. The van der Waals surface area contributed by atoms with Crippen LogP contribution in [0.3, 0.4) is 0 Å². The number of unbranched alkanes of at least 4 members (excludes halogenated alkanes) is 2. The number of hydrogen-bond donors (Lipinski definition) is 0. The maximum absolute atomic E-state index is 13.5. The maximum Gasteiger partial charge on any atom is 0.297 e. The molecule has 8 heteroatoms. The van der Waals surface area contributed by atoms with Crippen molar-refractivity contribution in [1.82, 2.24) is 10.2 Å². The molecule has 1 atom stereocenters. The summed E-state index contributed by atoms with van der Waals surface area (Å²) in [5.74, 6) is 0.337. The van der Waals surface area contributed by atoms with Gasteiger partial charge < -0.3 is 9.15 Å². The van der Waals surface area contributed by atoms with Gasteiger partial charge in [0.1, 0.15) is 16.8 Å². The molecule has 5 rings (SSSR count). The van der Waals surface area contributed by atoms with Gasteiger partial charge in [0.05, 0.1) is 23.6 Å². The Hall–Kier alpha value is -3.52. The molecule has 1 aliphatic heterocycles. The molecule has 0 saturated heterocycles. The predicted molar refractivity (Wildman–Crippen MR) is 123 cm³/mol. The van der Waals surface area contributed by atoms with Crippen LogP contribution < -0.4 is 15.1 Å². The minimum absolute atomic E-state index is 0.0446. The summed E-state index contributed by atoms with van der Waals surface area (Å²) in [6, 6.07) is 13.8. The van der Waals surface area contributed by atoms with E-state index in [1.54, 1.807) is 29.8 Å². The van der Waals surface area contributed by atoms with E-state index in [9.17, 15) is 9.59 Å². The van der Waals surface area contributed by atoms with Crippen LogP contribution >= 0.6 is 11.3 Å². The van der Waals surface area contributed by atoms with Crippen LogP contribution in [0.15, 0.2) is 63.3 Å². The Labute approximate surface area is 188 Å². The fourth-order valence-electron chi connectivity index (χ4n) is 4.02. The summed E-state index contributed by atoms with van der Waals surface area (Å²) in [6.07, 6.45) is 3.19. The smallest absolute Gasteiger partial charge is 0.297 e. The molecule has 2 aromatic heterocycles. The minimum atomic E-state index is -0.675. The summed E-state index contributed by atoms with van der Waals surface area (Å²) in [5, 5.41) is 8.83. The van der Waals surface area contributed by atoms with Crippen molar-refractivity contribution in [2.75, 3.05) is 11.5 Å². The Bertz CT molecular complexity index is 1330. The average Bonchev–Trinajstić information content (AvgIpc) is 3.44. The minimum Gasteiger partial charge on any atom is -0.494 e. The van der Waals surface area contributed by atoms with Crippen molar-refractivity contribution < 1.29 is 13.9 Å². The van der Waals surface area contributed by atoms with E-state index in [1.165, 1.54) is 16.2 Å². The van der Waals surface area contributed by atoms with Crippen LogP contribution in [-0.2, 0) is 0 Å². The summed E-state index contributed by atoms with van der Waals surface area (Å²) >= 11 is 1.23. The first-order chi connectivity index (χ1) is 15.7. The van der Waals surface area contributed by atoms with Crippen LogP contribution in [0.25, 0.3) is 11.0 Å². The number of carbonyl (C=O) groups excluding carboxylic acids is 1. The lowest BCUT2D eigenvalue weighted by Gasteiger charge is -2.22. The van der Waals surface area contributed by atoms with Crippen molar-refractivity contribution in [2.45, 2.75) is 32.2 Å². The number of rotatable bonds is 7. The first-order valence-electron chi connectivity index (χ1n) is 10.6. The number of aromatic nitrogens is 2. The average molecular weight is 448 g/mol. The van der Waals surface area contributed by atoms with Gasteiger partial charge in [0, 0.05) is 0 Å². The van der Waals surface area contributed by atoms with Crippen LogP contribution in [0.2, 0.25) is 0 Å². The number of para-hydroxylation sites is 1. The summed E-state index contributed by atoms with van der Waals surface area (Å²) in [7, 11) is 0. The lowest BCUT2D eigenvalue weighted by Crippen LogP contribution is -2.29. The number of amides is 1. The van der Waals surface area contributed by atoms with E-state index in [0.29, 0.717) is 34.0 Å². The van der Waals surface area contributed by atoms with Crippen molar-refractivity contribution in [2.24, 2.45) is 0 Å². The van der Waals surface area contributed by atoms with Crippen LogP contribution in [0.5, 0.6) is 5.75 Å². The van der Waals surface area contributed by atoms with Gasteiger partial charge in [-0.25, -0.2) is 0 Å². The number of benzene rings is 2. The first kappa shape index (κ1) is 20.4. The van der Waals surface area contributed by atoms with Crippen molar-refractivity contribution >= 4 is 33.3 Å². The normalized spacial score (nSPS) is 15.3. The molecule has 162 valence electrons. The SMILES string of the molecule is CCCCCOc1cccc(C2c3c(oc4ccccc4c3=O)C(=O)N2c2nncs2)c1. The molecule has 1 unspecified atom stereocenters. The van der Waals surface area contributed by atoms with E-state index in [1.807, 2.05) is 24.3 Å². The molecular formula is C24H21N3O4S. The molecule has 2 aromatic carbocycles. The molecule has 0 bridgehead atoms. The topological polar surface area (TPSA) is 85.5 Å². The van der Waals surface area contributed by atoms with E-state index in [-0.39, 0.29) is 11.2 Å². The highest BCUT2D eigenvalue weighted by molar-refractivity contribution is 7.13. The highest BCUT2D eigenvalue weighted by Crippen LogP contribution is 2.42. The van der Waals surface area contributed by atoms with E-state index < -0.39 is 11.9 Å². The third-order valence-electron chi connectivity index (χ3n) is 5.52. The van der Waals surface area contributed by atoms with Crippen molar-refractivity contribution in [3.63, 3.8) is 0 Å². The van der Waals surface area contributed by atoms with Gasteiger partial charge in [-0.05, 0) is 36.2 Å². The van der Waals surface area contributed by atoms with Gasteiger partial charge in [-0.15, -0.1) is 10.2 Å². The first-order valence-corrected chi connectivity index (χ1v) is 11.4. The summed E-state index contributed by atoms with van der Waals surface area (Å²) in [5.41, 5.74) is 2.79. The molecule has 32 heavy (non-hydrogen) atoms. The fraction of sp³-hybridized carbons (Fsp3) is 0.250. The van der Waals surface area contributed by atoms with Crippen molar-refractivity contribution in [1.29, 1.82) is 0 Å². The Morgan fingerprint density at radius 2 is 2.00 bits per heavy atom. The second-order valence-corrected chi connectivity index (χ2v) is 8.41. The van der Waals surface area contributed by atoms with Gasteiger partial charge in [0.15, 0.2) is 5.43 Å². The van der Waals surface area contributed by atoms with E-state index >= 15 is 0 Å². The number of carbonyl (C=O) groups is 1. The van der Waals surface area contributed by atoms with Crippen LogP contribution in [0.4, 0.5) is 5.13 Å². The summed E-state index contributed by atoms with van der Waals surface area (Å²) < 4.78 is 11.9. The molecule has 0 N–H and O–H groups in total. The molecule has 1 amide bonds. The Kier molecular flexibility index (Phi) is 5.45. The van der Waals surface area contributed by atoms with E-state index in [2.05, 4.69) is 17.1 Å². The molecular weight excluding hydrogens is 426 g/mol. The lowest BCUT2D eigenvalue weighted by molar-refractivity contribution is 0.0970. The fourth-order valence-corrected chi connectivity index (χ4v) is 4.61. The van der Waals surface area contributed by atoms with Crippen molar-refractivity contribution in [3.8, 4) is 5.75 Å². The summed E-state index contributed by atoms with van der Waals surface area (Å²) in [4.78, 5) is 28.4. The Morgan fingerprint density at radius 3 is 2.81 bits per heavy atom. The third kappa shape index (κ3) is 3.46. The highest BCUT2D eigenvalue weighted by atomic mass is 32.1. The zero-order valence-electron chi connectivity index (χ0n) is 17.5. The number of ether oxygens (including phenoxy) is 1. The molecule has 0 fully saturated rings. The van der Waals surface area contributed by atoms with E-state index in [0.717, 1.165) is 24.8 Å². The summed E-state index contributed by atoms with van der Waals surface area (Å²) in [6.45, 7) is 2.76. The van der Waals surface area contributed by atoms with Crippen LogP contribution in [-0.4, -0.2) is 22.7 Å². The lowest BCUT2D eigenvalue weighted by atomic mass is 9.98. The molecule has 0 saturated carbocycles. The second-order valence-electron chi connectivity index (χ2n) is 7.60. The second kappa shape index (κ2) is 8.55. The number of fused-ring (bicyclic) bond motifs is 2. The number of nitrogens with zero attached hydrogens (tertiary/aromatic N) is 3. The predicted octanol–water partition coefficient (Wildman–Crippen LogP) is 4.96. The Morgan fingerprint density at radius 1 is 1.12 bits per heavy atom. The third-order valence-corrected chi connectivity index (χ3v) is 6.21. The molecule has 0 aliphatic carbocycles. The molecule has 1 aliphatic rings. The maximum atomic E-state index is 13.5. The molecule has 0 spiro atoms. The zero-order chi connectivity index (χ0) is 22.1. The van der Waals surface area contributed by atoms with Gasteiger partial charge >= 0.3 is 0 Å². The van der Waals surface area contributed by atoms with Gasteiger partial charge in [-0.2, -0.15) is 0 Å².